The lowest BCUT2D eigenvalue weighted by Gasteiger charge is -2.13. The van der Waals surface area contributed by atoms with Gasteiger partial charge in [0.25, 0.3) is 5.91 Å². The smallest absolute Gasteiger partial charge is 0.344 e. The maximum absolute atomic E-state index is 12.8. The Bertz CT molecular complexity index is 1420. The predicted octanol–water partition coefficient (Wildman–Crippen LogP) is 6.34. The number of carbonyl (C=O) groups is 2. The van der Waals surface area contributed by atoms with Gasteiger partial charge in [0, 0.05) is 11.1 Å². The molecule has 190 valence electrons. The Morgan fingerprint density at radius 3 is 2.38 bits per heavy atom. The number of aliphatic hydroxyl groups excluding tert-OH is 1. The molecule has 1 amide bonds. The average molecular weight is 518 g/mol. The zero-order valence-electron chi connectivity index (χ0n) is 20.8. The van der Waals surface area contributed by atoms with Gasteiger partial charge in [0.05, 0.1) is 24.7 Å². The van der Waals surface area contributed by atoms with Crippen molar-refractivity contribution in [3.05, 3.63) is 88.0 Å². The summed E-state index contributed by atoms with van der Waals surface area (Å²) in [5.74, 6) is -0.279. The molecule has 4 rings (SSSR count). The highest BCUT2D eigenvalue weighted by Gasteiger charge is 2.34. The SMILES string of the molecule is CCOC(=O)C1=C(O)/C(=C/c2c(OCC)ccc3ccc(OCC)cc23)SC1=NC(=O)c1ccccc1. The van der Waals surface area contributed by atoms with Crippen molar-refractivity contribution >= 4 is 45.5 Å². The van der Waals surface area contributed by atoms with Crippen LogP contribution in [-0.2, 0) is 9.53 Å². The molecule has 0 saturated carbocycles. The van der Waals surface area contributed by atoms with Crippen LogP contribution in [0.25, 0.3) is 16.8 Å². The number of esters is 1. The van der Waals surface area contributed by atoms with Crippen molar-refractivity contribution < 1.29 is 28.9 Å². The third kappa shape index (κ3) is 5.70. The van der Waals surface area contributed by atoms with Gasteiger partial charge in [-0.25, -0.2) is 9.79 Å². The summed E-state index contributed by atoms with van der Waals surface area (Å²) in [4.78, 5) is 30.1. The fourth-order valence-electron chi connectivity index (χ4n) is 3.85. The summed E-state index contributed by atoms with van der Waals surface area (Å²) in [6, 6.07) is 18.1. The molecule has 1 heterocycles. The van der Waals surface area contributed by atoms with Crippen molar-refractivity contribution in [2.45, 2.75) is 20.8 Å². The minimum atomic E-state index is -0.753. The Kier molecular flexibility index (Phi) is 8.30. The van der Waals surface area contributed by atoms with E-state index in [0.29, 0.717) is 40.7 Å². The second-order valence-corrected chi connectivity index (χ2v) is 8.90. The predicted molar refractivity (Wildman–Crippen MR) is 146 cm³/mol. The van der Waals surface area contributed by atoms with E-state index < -0.39 is 11.9 Å². The lowest BCUT2D eigenvalue weighted by Crippen LogP contribution is -2.14. The second kappa shape index (κ2) is 11.8. The summed E-state index contributed by atoms with van der Waals surface area (Å²) in [7, 11) is 0. The highest BCUT2D eigenvalue weighted by atomic mass is 32.2. The summed E-state index contributed by atoms with van der Waals surface area (Å²) >= 11 is 1.03. The Labute approximate surface area is 219 Å². The number of aliphatic hydroxyl groups is 1. The molecule has 0 bridgehead atoms. The minimum Gasteiger partial charge on any atom is -0.506 e. The van der Waals surface area contributed by atoms with Gasteiger partial charge in [0.2, 0.25) is 0 Å². The van der Waals surface area contributed by atoms with Gasteiger partial charge in [-0.1, -0.05) is 42.1 Å². The quantitative estimate of drug-likeness (QED) is 0.349. The van der Waals surface area contributed by atoms with E-state index in [1.807, 2.05) is 44.2 Å². The lowest BCUT2D eigenvalue weighted by molar-refractivity contribution is -0.138. The highest BCUT2D eigenvalue weighted by Crippen LogP contribution is 2.42. The molecule has 0 aliphatic carbocycles. The van der Waals surface area contributed by atoms with Crippen LogP contribution in [0.1, 0.15) is 36.7 Å². The number of fused-ring (bicyclic) bond motifs is 1. The molecular formula is C29H27NO6S. The van der Waals surface area contributed by atoms with E-state index in [1.165, 1.54) is 0 Å². The number of ether oxygens (including phenoxy) is 3. The number of nitrogens with zero attached hydrogens (tertiary/aromatic N) is 1. The first-order valence-electron chi connectivity index (χ1n) is 12.0. The molecule has 0 atom stereocenters. The Hall–Kier alpha value is -4.04. The van der Waals surface area contributed by atoms with E-state index in [-0.39, 0.29) is 23.0 Å². The van der Waals surface area contributed by atoms with Crippen LogP contribution in [-0.4, -0.2) is 41.8 Å². The fourth-order valence-corrected chi connectivity index (χ4v) is 4.84. The van der Waals surface area contributed by atoms with Gasteiger partial charge in [-0.15, -0.1) is 0 Å². The molecule has 1 aliphatic rings. The van der Waals surface area contributed by atoms with Crippen molar-refractivity contribution in [3.63, 3.8) is 0 Å². The molecule has 1 aliphatic heterocycles. The molecule has 0 spiro atoms. The third-order valence-corrected chi connectivity index (χ3v) is 6.49. The topological polar surface area (TPSA) is 94.4 Å². The summed E-state index contributed by atoms with van der Waals surface area (Å²) in [5, 5.41) is 13.0. The number of aliphatic imine (C=N–C) groups is 1. The Morgan fingerprint density at radius 1 is 0.946 bits per heavy atom. The van der Waals surface area contributed by atoms with E-state index in [0.717, 1.165) is 22.5 Å². The van der Waals surface area contributed by atoms with Gasteiger partial charge in [0.1, 0.15) is 27.9 Å². The van der Waals surface area contributed by atoms with Gasteiger partial charge in [-0.2, -0.15) is 0 Å². The van der Waals surface area contributed by atoms with E-state index in [2.05, 4.69) is 4.99 Å². The van der Waals surface area contributed by atoms with Crippen molar-refractivity contribution in [2.75, 3.05) is 19.8 Å². The molecule has 0 fully saturated rings. The molecule has 0 saturated heterocycles. The monoisotopic (exact) mass is 517 g/mol. The maximum atomic E-state index is 12.8. The van der Waals surface area contributed by atoms with Gasteiger partial charge < -0.3 is 19.3 Å². The van der Waals surface area contributed by atoms with Crippen LogP contribution >= 0.6 is 11.8 Å². The molecule has 0 radical (unpaired) electrons. The van der Waals surface area contributed by atoms with Crippen LogP contribution in [0.4, 0.5) is 0 Å². The highest BCUT2D eigenvalue weighted by molar-refractivity contribution is 8.18. The van der Waals surface area contributed by atoms with Gasteiger partial charge in [0.15, 0.2) is 0 Å². The summed E-state index contributed by atoms with van der Waals surface area (Å²) < 4.78 is 16.7. The molecule has 37 heavy (non-hydrogen) atoms. The summed E-state index contributed by atoms with van der Waals surface area (Å²) in [5.41, 5.74) is 0.927. The minimum absolute atomic E-state index is 0.0734. The number of hydrogen-bond donors (Lipinski definition) is 1. The summed E-state index contributed by atoms with van der Waals surface area (Å²) in [6.07, 6.45) is 1.73. The van der Waals surface area contributed by atoms with Crippen molar-refractivity contribution in [1.29, 1.82) is 0 Å². The van der Waals surface area contributed by atoms with Gasteiger partial charge >= 0.3 is 5.97 Å². The molecule has 7 nitrogen and oxygen atoms in total. The first-order valence-corrected chi connectivity index (χ1v) is 12.8. The molecule has 3 aromatic carbocycles. The van der Waals surface area contributed by atoms with Gasteiger partial charge in [-0.05, 0) is 68.0 Å². The van der Waals surface area contributed by atoms with Gasteiger partial charge in [-0.3, -0.25) is 4.79 Å². The second-order valence-electron chi connectivity index (χ2n) is 7.87. The normalized spacial score (nSPS) is 15.4. The van der Waals surface area contributed by atoms with E-state index in [1.54, 1.807) is 43.3 Å². The van der Waals surface area contributed by atoms with Crippen LogP contribution < -0.4 is 9.47 Å². The average Bonchev–Trinajstić information content (AvgIpc) is 3.20. The van der Waals surface area contributed by atoms with E-state index in [9.17, 15) is 14.7 Å². The largest absolute Gasteiger partial charge is 0.506 e. The maximum Gasteiger partial charge on any atom is 0.344 e. The number of benzene rings is 3. The Morgan fingerprint density at radius 2 is 1.68 bits per heavy atom. The van der Waals surface area contributed by atoms with Crippen molar-refractivity contribution in [3.8, 4) is 11.5 Å². The zero-order valence-corrected chi connectivity index (χ0v) is 21.6. The van der Waals surface area contributed by atoms with Crippen LogP contribution in [0, 0.1) is 0 Å². The third-order valence-electron chi connectivity index (χ3n) is 5.48. The molecule has 8 heteroatoms. The standard InChI is InChI=1S/C29H27NO6S/c1-4-34-20-14-12-18-13-15-23(35-5-2)22(21(18)16-20)17-24-26(31)25(29(33)36-6-3)28(37-24)30-27(32)19-10-8-7-9-11-19/h7-17,31H,4-6H2,1-3H3/b24-17-,30-28?. The fraction of sp³-hybridized carbons (Fsp3) is 0.207. The first-order chi connectivity index (χ1) is 18.0. The lowest BCUT2D eigenvalue weighted by atomic mass is 10.0. The van der Waals surface area contributed by atoms with Crippen LogP contribution in [0.2, 0.25) is 0 Å². The van der Waals surface area contributed by atoms with Crippen LogP contribution in [0.3, 0.4) is 0 Å². The molecular weight excluding hydrogens is 490 g/mol. The van der Waals surface area contributed by atoms with Crippen LogP contribution in [0.15, 0.2) is 81.9 Å². The van der Waals surface area contributed by atoms with E-state index in [4.69, 9.17) is 14.2 Å². The molecule has 3 aromatic rings. The van der Waals surface area contributed by atoms with Crippen molar-refractivity contribution in [2.24, 2.45) is 4.99 Å². The molecule has 1 N–H and O–H groups in total. The number of amides is 1. The molecule has 0 unspecified atom stereocenters. The number of thioether (sulfide) groups is 1. The molecule has 0 aromatic heterocycles. The number of rotatable bonds is 8. The summed E-state index contributed by atoms with van der Waals surface area (Å²) in [6.45, 7) is 6.53. The van der Waals surface area contributed by atoms with Crippen molar-refractivity contribution in [1.82, 2.24) is 0 Å². The van der Waals surface area contributed by atoms with E-state index >= 15 is 0 Å². The number of carbonyl (C=O) groups excluding carboxylic acids is 2. The van der Waals surface area contributed by atoms with Crippen LogP contribution in [0.5, 0.6) is 11.5 Å². The first kappa shape index (κ1) is 26.0. The Balaban J connectivity index is 1.86. The number of hydrogen-bond acceptors (Lipinski definition) is 7. The zero-order chi connectivity index (χ0) is 26.4.